The van der Waals surface area contributed by atoms with Gasteiger partial charge < -0.3 is 20.5 Å². The van der Waals surface area contributed by atoms with Crippen LogP contribution in [-0.4, -0.2) is 38.7 Å². The van der Waals surface area contributed by atoms with Gasteiger partial charge in [0.1, 0.15) is 12.4 Å². The highest BCUT2D eigenvalue weighted by Crippen LogP contribution is 2.25. The summed E-state index contributed by atoms with van der Waals surface area (Å²) in [6.45, 7) is 2.10. The summed E-state index contributed by atoms with van der Waals surface area (Å²) < 4.78 is 10.4. The third kappa shape index (κ3) is 4.45. The Balaban J connectivity index is 1.98. The molecule has 0 saturated heterocycles. The maximum atomic E-state index is 12.1. The number of carbonyl (C=O) groups excluding carboxylic acids is 2. The van der Waals surface area contributed by atoms with E-state index in [1.807, 2.05) is 36.4 Å². The number of carbonyl (C=O) groups is 2. The second-order valence-corrected chi connectivity index (χ2v) is 5.42. The zero-order valence-corrected chi connectivity index (χ0v) is 13.9. The summed E-state index contributed by atoms with van der Waals surface area (Å²) in [5.41, 5.74) is 6.05. The van der Waals surface area contributed by atoms with Crippen molar-refractivity contribution in [2.45, 2.75) is 12.8 Å². The topological polar surface area (TPSA) is 90.6 Å². The Morgan fingerprint density at radius 3 is 2.58 bits per heavy atom. The summed E-state index contributed by atoms with van der Waals surface area (Å²) in [5.74, 6) is -0.196. The first-order chi connectivity index (χ1) is 11.5. The van der Waals surface area contributed by atoms with Crippen molar-refractivity contribution in [1.82, 2.24) is 5.32 Å². The maximum Gasteiger partial charge on any atom is 0.313 e. The van der Waals surface area contributed by atoms with Crippen molar-refractivity contribution >= 4 is 22.6 Å². The minimum absolute atomic E-state index is 0.0772. The fraction of sp³-hybridized carbons (Fsp3) is 0.333. The quantitative estimate of drug-likeness (QED) is 0.594. The van der Waals surface area contributed by atoms with Crippen LogP contribution in [0.2, 0.25) is 0 Å². The largest absolute Gasteiger partial charge is 0.497 e. The lowest BCUT2D eigenvalue weighted by atomic mass is 9.98. The number of amides is 1. The second-order valence-electron chi connectivity index (χ2n) is 5.42. The summed E-state index contributed by atoms with van der Waals surface area (Å²) in [6, 6.07) is 11.6. The molecular weight excluding hydrogens is 308 g/mol. The molecule has 0 aromatic heterocycles. The molecular formula is C18H22N2O4. The van der Waals surface area contributed by atoms with Crippen molar-refractivity contribution in [3.8, 4) is 5.75 Å². The number of nitrogens with two attached hydrogens (primary N) is 1. The molecule has 1 atom stereocenters. The van der Waals surface area contributed by atoms with Crippen molar-refractivity contribution in [2.75, 3.05) is 26.8 Å². The average molecular weight is 330 g/mol. The van der Waals surface area contributed by atoms with Crippen molar-refractivity contribution < 1.29 is 19.1 Å². The first kappa shape index (κ1) is 17.7. The van der Waals surface area contributed by atoms with E-state index in [1.165, 1.54) is 0 Å². The van der Waals surface area contributed by atoms with E-state index in [9.17, 15) is 9.59 Å². The zero-order chi connectivity index (χ0) is 17.5. The van der Waals surface area contributed by atoms with Gasteiger partial charge in [0.25, 0.3) is 0 Å². The molecule has 2 rings (SSSR count). The Hall–Kier alpha value is -2.60. The van der Waals surface area contributed by atoms with Gasteiger partial charge in [0.15, 0.2) is 0 Å². The molecule has 0 radical (unpaired) electrons. The molecule has 24 heavy (non-hydrogen) atoms. The monoisotopic (exact) mass is 330 g/mol. The van der Waals surface area contributed by atoms with Gasteiger partial charge in [-0.1, -0.05) is 24.3 Å². The van der Waals surface area contributed by atoms with E-state index in [1.54, 1.807) is 14.0 Å². The van der Waals surface area contributed by atoms with Crippen LogP contribution in [0, 0.1) is 0 Å². The predicted octanol–water partition coefficient (Wildman–Crippen LogP) is 1.57. The molecule has 3 N–H and O–H groups in total. The van der Waals surface area contributed by atoms with E-state index in [0.717, 1.165) is 22.1 Å². The summed E-state index contributed by atoms with van der Waals surface area (Å²) in [7, 11) is 1.63. The van der Waals surface area contributed by atoms with Crippen molar-refractivity contribution in [3.05, 3.63) is 42.0 Å². The summed E-state index contributed by atoms with van der Waals surface area (Å²) in [4.78, 5) is 23.1. The number of methoxy groups -OCH3 is 1. The highest BCUT2D eigenvalue weighted by molar-refractivity contribution is 5.86. The van der Waals surface area contributed by atoms with E-state index in [0.29, 0.717) is 0 Å². The Labute approximate surface area is 140 Å². The van der Waals surface area contributed by atoms with Crippen LogP contribution >= 0.6 is 0 Å². The number of rotatable bonds is 7. The lowest BCUT2D eigenvalue weighted by Crippen LogP contribution is -2.33. The van der Waals surface area contributed by atoms with E-state index in [-0.39, 0.29) is 37.5 Å². The fourth-order valence-electron chi connectivity index (χ4n) is 2.31. The van der Waals surface area contributed by atoms with Crippen LogP contribution in [0.5, 0.6) is 5.75 Å². The number of esters is 1. The van der Waals surface area contributed by atoms with Crippen LogP contribution in [0.3, 0.4) is 0 Å². The van der Waals surface area contributed by atoms with Crippen LogP contribution in [0.4, 0.5) is 0 Å². The maximum absolute atomic E-state index is 12.1. The highest BCUT2D eigenvalue weighted by atomic mass is 16.5. The molecule has 2 aromatic rings. The Morgan fingerprint density at radius 1 is 1.17 bits per heavy atom. The Kier molecular flexibility index (Phi) is 6.14. The molecule has 0 bridgehead atoms. The smallest absolute Gasteiger partial charge is 0.313 e. The molecule has 0 spiro atoms. The number of hydrogen-bond donors (Lipinski definition) is 2. The summed E-state index contributed by atoms with van der Waals surface area (Å²) in [6.07, 6.45) is 0. The summed E-state index contributed by atoms with van der Waals surface area (Å²) in [5, 5.41) is 4.62. The van der Waals surface area contributed by atoms with Crippen LogP contribution < -0.4 is 15.8 Å². The zero-order valence-electron chi connectivity index (χ0n) is 13.9. The van der Waals surface area contributed by atoms with Crippen LogP contribution in [-0.2, 0) is 14.3 Å². The van der Waals surface area contributed by atoms with Crippen molar-refractivity contribution in [2.24, 2.45) is 5.73 Å². The SMILES string of the molecule is COc1ccc2cc([C@H](C)C(=O)OCCNC(=O)CN)ccc2c1. The van der Waals surface area contributed by atoms with Gasteiger partial charge in [-0.3, -0.25) is 9.59 Å². The van der Waals surface area contributed by atoms with Gasteiger partial charge in [0.2, 0.25) is 5.91 Å². The number of nitrogens with one attached hydrogen (secondary N) is 1. The average Bonchev–Trinajstić information content (AvgIpc) is 2.63. The number of ether oxygens (including phenoxy) is 2. The third-order valence-corrected chi connectivity index (χ3v) is 3.78. The van der Waals surface area contributed by atoms with Gasteiger partial charge >= 0.3 is 5.97 Å². The van der Waals surface area contributed by atoms with E-state index in [4.69, 9.17) is 15.2 Å². The molecule has 0 aliphatic carbocycles. The first-order valence-corrected chi connectivity index (χ1v) is 7.76. The molecule has 0 aliphatic heterocycles. The first-order valence-electron chi connectivity index (χ1n) is 7.76. The summed E-state index contributed by atoms with van der Waals surface area (Å²) >= 11 is 0. The van der Waals surface area contributed by atoms with E-state index < -0.39 is 0 Å². The number of benzene rings is 2. The van der Waals surface area contributed by atoms with Gasteiger partial charge in [-0.2, -0.15) is 0 Å². The van der Waals surface area contributed by atoms with Gasteiger partial charge in [0, 0.05) is 0 Å². The minimum atomic E-state index is -0.387. The third-order valence-electron chi connectivity index (χ3n) is 3.78. The fourth-order valence-corrected chi connectivity index (χ4v) is 2.31. The normalized spacial score (nSPS) is 11.8. The number of hydrogen-bond acceptors (Lipinski definition) is 5. The Bertz CT molecular complexity index is 730. The molecule has 0 fully saturated rings. The van der Waals surface area contributed by atoms with Gasteiger partial charge in [-0.15, -0.1) is 0 Å². The van der Waals surface area contributed by atoms with Crippen molar-refractivity contribution in [3.63, 3.8) is 0 Å². The lowest BCUT2D eigenvalue weighted by Gasteiger charge is -2.13. The molecule has 0 aliphatic rings. The van der Waals surface area contributed by atoms with E-state index in [2.05, 4.69) is 5.32 Å². The minimum Gasteiger partial charge on any atom is -0.497 e. The van der Waals surface area contributed by atoms with Crippen LogP contribution in [0.15, 0.2) is 36.4 Å². The lowest BCUT2D eigenvalue weighted by molar-refractivity contribution is -0.145. The standard InChI is InChI=1S/C18H22N2O4/c1-12(18(22)24-8-7-20-17(21)11-19)13-3-4-15-10-16(23-2)6-5-14(15)9-13/h3-6,9-10,12H,7-8,11,19H2,1-2H3,(H,20,21)/t12-/m0/s1. The van der Waals surface area contributed by atoms with E-state index >= 15 is 0 Å². The molecule has 6 nitrogen and oxygen atoms in total. The number of fused-ring (bicyclic) bond motifs is 1. The van der Waals surface area contributed by atoms with Crippen molar-refractivity contribution in [1.29, 1.82) is 0 Å². The highest BCUT2D eigenvalue weighted by Gasteiger charge is 2.17. The Morgan fingerprint density at radius 2 is 1.88 bits per heavy atom. The predicted molar refractivity (Wildman–Crippen MR) is 91.9 cm³/mol. The molecule has 0 unspecified atom stereocenters. The van der Waals surface area contributed by atoms with Crippen LogP contribution in [0.1, 0.15) is 18.4 Å². The molecule has 0 saturated carbocycles. The molecule has 2 aromatic carbocycles. The van der Waals surface area contributed by atoms with Crippen LogP contribution in [0.25, 0.3) is 10.8 Å². The molecule has 6 heteroatoms. The van der Waals surface area contributed by atoms with Gasteiger partial charge in [-0.25, -0.2) is 0 Å². The molecule has 0 heterocycles. The molecule has 128 valence electrons. The second kappa shape index (κ2) is 8.31. The van der Waals surface area contributed by atoms with Gasteiger partial charge in [0.05, 0.1) is 26.1 Å². The van der Waals surface area contributed by atoms with Gasteiger partial charge in [-0.05, 0) is 35.4 Å². The molecule has 1 amide bonds.